The maximum Gasteiger partial charge on any atom is 0.305 e. The van der Waals surface area contributed by atoms with E-state index in [0.29, 0.717) is 25.7 Å². The van der Waals surface area contributed by atoms with Crippen molar-refractivity contribution < 1.29 is 27.9 Å². The van der Waals surface area contributed by atoms with Crippen LogP contribution in [0.15, 0.2) is 48.5 Å². The third-order valence-electron chi connectivity index (χ3n) is 9.77. The van der Waals surface area contributed by atoms with Crippen LogP contribution in [0.4, 0.5) is 0 Å². The second-order valence-corrected chi connectivity index (χ2v) is 24.7. The molecular weight excluding hydrogens is 573 g/mol. The van der Waals surface area contributed by atoms with Crippen LogP contribution in [0.5, 0.6) is 11.5 Å². The quantitative estimate of drug-likeness (QED) is 0.157. The van der Waals surface area contributed by atoms with Crippen LogP contribution in [0.3, 0.4) is 0 Å². The number of hydrogen-bond acceptors (Lipinski definition) is 6. The highest BCUT2D eigenvalue weighted by molar-refractivity contribution is 6.75. The van der Waals surface area contributed by atoms with Crippen molar-refractivity contribution in [3.05, 3.63) is 59.7 Å². The molecule has 1 aliphatic rings. The lowest BCUT2D eigenvalue weighted by Gasteiger charge is -2.45. The van der Waals surface area contributed by atoms with Crippen LogP contribution in [0.25, 0.3) is 0 Å². The van der Waals surface area contributed by atoms with Gasteiger partial charge in [0.1, 0.15) is 11.5 Å². The summed E-state index contributed by atoms with van der Waals surface area (Å²) < 4.78 is 25.6. The summed E-state index contributed by atoms with van der Waals surface area (Å²) in [6.07, 6.45) is 2.38. The first-order valence-electron chi connectivity index (χ1n) is 15.6. The molecule has 0 radical (unpaired) electrons. The van der Waals surface area contributed by atoms with Gasteiger partial charge in [-0.05, 0) is 78.6 Å². The second-order valence-electron chi connectivity index (χ2n) is 15.3. The Labute approximate surface area is 262 Å². The SMILES string of the molecule is CC(=O)OC1(OC(C)=O)CCC(c2ccc(O[Si](C)(C)C(C)(C)C)cc2O[Si](C)(C)C(C)(C)C)CC1Cc1ccccc1. The fourth-order valence-electron chi connectivity index (χ4n) is 5.30. The van der Waals surface area contributed by atoms with Crippen molar-refractivity contribution in [2.75, 3.05) is 0 Å². The number of carbonyl (C=O) groups excluding carboxylic acids is 2. The van der Waals surface area contributed by atoms with Crippen LogP contribution in [0.2, 0.25) is 36.3 Å². The molecule has 0 bridgehead atoms. The highest BCUT2D eigenvalue weighted by atomic mass is 28.4. The maximum atomic E-state index is 12.3. The van der Waals surface area contributed by atoms with Crippen molar-refractivity contribution in [2.45, 2.75) is 129 Å². The molecule has 8 heteroatoms. The summed E-state index contributed by atoms with van der Waals surface area (Å²) in [5.74, 6) is -0.609. The molecular formula is C35H54O6Si2. The van der Waals surface area contributed by atoms with E-state index in [4.69, 9.17) is 18.3 Å². The van der Waals surface area contributed by atoms with E-state index in [1.54, 1.807) is 0 Å². The Kier molecular flexibility index (Phi) is 10.4. The Morgan fingerprint density at radius 3 is 1.86 bits per heavy atom. The summed E-state index contributed by atoms with van der Waals surface area (Å²) in [5.41, 5.74) is 2.23. The summed E-state index contributed by atoms with van der Waals surface area (Å²) in [6, 6.07) is 16.5. The third kappa shape index (κ3) is 8.53. The molecule has 2 atom stereocenters. The smallest absolute Gasteiger partial charge is 0.305 e. The molecule has 0 N–H and O–H groups in total. The summed E-state index contributed by atoms with van der Waals surface area (Å²) in [7, 11) is -4.26. The maximum absolute atomic E-state index is 12.3. The van der Waals surface area contributed by atoms with Crippen molar-refractivity contribution in [3.63, 3.8) is 0 Å². The lowest BCUT2D eigenvalue weighted by atomic mass is 9.71. The first-order valence-corrected chi connectivity index (χ1v) is 21.4. The minimum absolute atomic E-state index is 0.0166. The minimum Gasteiger partial charge on any atom is -0.543 e. The summed E-state index contributed by atoms with van der Waals surface area (Å²) >= 11 is 0. The summed E-state index contributed by atoms with van der Waals surface area (Å²) in [6.45, 7) is 25.3. The molecule has 0 aromatic heterocycles. The molecule has 2 aromatic rings. The third-order valence-corrected chi connectivity index (χ3v) is 18.5. The molecule has 1 aliphatic carbocycles. The molecule has 2 aromatic carbocycles. The fourth-order valence-corrected chi connectivity index (χ4v) is 7.35. The van der Waals surface area contributed by atoms with Crippen LogP contribution < -0.4 is 8.85 Å². The van der Waals surface area contributed by atoms with Crippen LogP contribution in [0.1, 0.15) is 91.7 Å². The largest absolute Gasteiger partial charge is 0.543 e. The van der Waals surface area contributed by atoms with Gasteiger partial charge in [-0.25, -0.2) is 0 Å². The molecule has 43 heavy (non-hydrogen) atoms. The van der Waals surface area contributed by atoms with Crippen molar-refractivity contribution >= 4 is 28.6 Å². The van der Waals surface area contributed by atoms with Gasteiger partial charge in [0.25, 0.3) is 5.79 Å². The predicted octanol–water partition coefficient (Wildman–Crippen LogP) is 9.40. The van der Waals surface area contributed by atoms with Crippen molar-refractivity contribution in [3.8, 4) is 11.5 Å². The molecule has 3 rings (SSSR count). The lowest BCUT2D eigenvalue weighted by Crippen LogP contribution is -2.50. The zero-order chi connectivity index (χ0) is 32.4. The summed E-state index contributed by atoms with van der Waals surface area (Å²) in [4.78, 5) is 24.7. The molecule has 1 fully saturated rings. The van der Waals surface area contributed by atoms with E-state index in [9.17, 15) is 9.59 Å². The van der Waals surface area contributed by atoms with Gasteiger partial charge in [0.05, 0.1) is 0 Å². The van der Waals surface area contributed by atoms with E-state index in [-0.39, 0.29) is 21.9 Å². The zero-order valence-electron chi connectivity index (χ0n) is 28.6. The van der Waals surface area contributed by atoms with E-state index in [1.165, 1.54) is 13.8 Å². The predicted molar refractivity (Wildman–Crippen MR) is 179 cm³/mol. The Balaban J connectivity index is 2.09. The normalized spacial score (nSPS) is 19.3. The molecule has 0 saturated heterocycles. The van der Waals surface area contributed by atoms with Crippen LogP contribution in [-0.4, -0.2) is 34.4 Å². The van der Waals surface area contributed by atoms with Gasteiger partial charge in [0.15, 0.2) is 0 Å². The van der Waals surface area contributed by atoms with Gasteiger partial charge < -0.3 is 18.3 Å². The van der Waals surface area contributed by atoms with E-state index >= 15 is 0 Å². The van der Waals surface area contributed by atoms with E-state index in [0.717, 1.165) is 22.6 Å². The van der Waals surface area contributed by atoms with E-state index in [2.05, 4.69) is 98.1 Å². The van der Waals surface area contributed by atoms with Crippen molar-refractivity contribution in [1.29, 1.82) is 0 Å². The standard InChI is InChI=1S/C35H54O6Si2/c1-25(36)38-35(39-26(2)37)21-20-28(23-29(35)22-27-16-14-13-15-17-27)31-19-18-30(40-42(9,10)33(3,4)5)24-32(31)41-43(11,12)34(6,7)8/h13-19,24,28-29H,20-23H2,1-12H3. The average molecular weight is 627 g/mol. The van der Waals surface area contributed by atoms with Gasteiger partial charge in [-0.3, -0.25) is 9.59 Å². The first-order chi connectivity index (χ1) is 19.7. The average Bonchev–Trinajstić information content (AvgIpc) is 2.84. The topological polar surface area (TPSA) is 71.1 Å². The first kappa shape index (κ1) is 34.9. The number of hydrogen-bond donors (Lipinski definition) is 0. The van der Waals surface area contributed by atoms with Gasteiger partial charge in [-0.1, -0.05) is 77.9 Å². The molecule has 1 saturated carbocycles. The number of benzene rings is 2. The molecule has 2 unspecified atom stereocenters. The molecule has 0 aliphatic heterocycles. The van der Waals surface area contributed by atoms with E-state index in [1.807, 2.05) is 18.2 Å². The Hall–Kier alpha value is -2.59. The van der Waals surface area contributed by atoms with Crippen molar-refractivity contribution in [1.82, 2.24) is 0 Å². The van der Waals surface area contributed by atoms with Gasteiger partial charge in [0.2, 0.25) is 16.6 Å². The van der Waals surface area contributed by atoms with Crippen LogP contribution in [-0.2, 0) is 25.5 Å². The van der Waals surface area contributed by atoms with Crippen LogP contribution >= 0.6 is 0 Å². The van der Waals surface area contributed by atoms with Crippen molar-refractivity contribution in [2.24, 2.45) is 5.92 Å². The number of carbonyl (C=O) groups is 2. The number of ether oxygens (including phenoxy) is 2. The second kappa shape index (κ2) is 12.8. The number of rotatable bonds is 9. The Morgan fingerprint density at radius 1 is 0.814 bits per heavy atom. The Bertz CT molecular complexity index is 1260. The fraction of sp³-hybridized carbons (Fsp3) is 0.600. The highest BCUT2D eigenvalue weighted by Gasteiger charge is 2.50. The molecule has 238 valence electrons. The molecule has 0 heterocycles. The minimum atomic E-state index is -2.19. The zero-order valence-corrected chi connectivity index (χ0v) is 30.6. The van der Waals surface area contributed by atoms with Crippen LogP contribution in [0, 0.1) is 5.92 Å². The van der Waals surface area contributed by atoms with E-state index < -0.39 is 34.4 Å². The summed E-state index contributed by atoms with van der Waals surface area (Å²) in [5, 5.41) is 0.0830. The lowest BCUT2D eigenvalue weighted by molar-refractivity contribution is -0.257. The Morgan fingerprint density at radius 2 is 1.35 bits per heavy atom. The van der Waals surface area contributed by atoms with Gasteiger partial charge in [-0.2, -0.15) is 0 Å². The van der Waals surface area contributed by atoms with Gasteiger partial charge in [-0.15, -0.1) is 0 Å². The van der Waals surface area contributed by atoms with Gasteiger partial charge >= 0.3 is 11.9 Å². The van der Waals surface area contributed by atoms with Gasteiger partial charge in [0, 0.05) is 32.3 Å². The molecule has 6 nitrogen and oxygen atoms in total. The monoisotopic (exact) mass is 626 g/mol. The highest BCUT2D eigenvalue weighted by Crippen LogP contribution is 2.50. The molecule has 0 amide bonds. The molecule has 0 spiro atoms. The number of esters is 2.